The van der Waals surface area contributed by atoms with Crippen molar-refractivity contribution in [3.05, 3.63) is 36.0 Å². The Morgan fingerprint density at radius 1 is 1.13 bits per heavy atom. The number of aryl methyl sites for hydroxylation is 1. The minimum Gasteiger partial charge on any atom is -0.497 e. The molecule has 3 aromatic heterocycles. The number of anilines is 2. The van der Waals surface area contributed by atoms with Crippen molar-refractivity contribution in [2.75, 3.05) is 31.8 Å². The van der Waals surface area contributed by atoms with Crippen molar-refractivity contribution in [2.24, 2.45) is 0 Å². The molecule has 0 unspecified atom stereocenters. The van der Waals surface area contributed by atoms with Gasteiger partial charge in [0.05, 0.1) is 14.2 Å². The van der Waals surface area contributed by atoms with E-state index in [0.717, 1.165) is 41.5 Å². The van der Waals surface area contributed by atoms with Crippen molar-refractivity contribution in [3.63, 3.8) is 0 Å². The second-order valence-electron chi connectivity index (χ2n) is 7.01. The molecular weight excluding hydrogens is 396 g/mol. The largest absolute Gasteiger partial charge is 0.497 e. The first-order valence-corrected chi connectivity index (χ1v) is 10.1. The van der Waals surface area contributed by atoms with E-state index in [1.807, 2.05) is 28.8 Å². The highest BCUT2D eigenvalue weighted by molar-refractivity contribution is 5.86. The van der Waals surface area contributed by atoms with Crippen molar-refractivity contribution >= 4 is 22.9 Å². The lowest BCUT2D eigenvalue weighted by molar-refractivity contribution is 0.399. The lowest BCUT2D eigenvalue weighted by atomic mass is 10.1. The number of methoxy groups -OCH3 is 2. The van der Waals surface area contributed by atoms with Crippen molar-refractivity contribution in [1.82, 2.24) is 29.7 Å². The van der Waals surface area contributed by atoms with Gasteiger partial charge >= 0.3 is 0 Å². The molecule has 0 atom stereocenters. The van der Waals surface area contributed by atoms with Crippen LogP contribution in [0.3, 0.4) is 0 Å². The zero-order valence-corrected chi connectivity index (χ0v) is 17.8. The van der Waals surface area contributed by atoms with Crippen LogP contribution in [0.15, 0.2) is 30.5 Å². The van der Waals surface area contributed by atoms with E-state index < -0.39 is 0 Å². The maximum Gasteiger partial charge on any atom is 0.226 e. The minimum atomic E-state index is 0.332. The topological polar surface area (TPSA) is 129 Å². The highest BCUT2D eigenvalue weighted by Gasteiger charge is 2.18. The van der Waals surface area contributed by atoms with Gasteiger partial charge < -0.3 is 25.1 Å². The van der Waals surface area contributed by atoms with Crippen LogP contribution in [-0.2, 0) is 13.0 Å². The molecule has 4 N–H and O–H groups in total. The lowest BCUT2D eigenvalue weighted by Gasteiger charge is -2.11. The van der Waals surface area contributed by atoms with Gasteiger partial charge in [-0.15, -0.1) is 0 Å². The van der Waals surface area contributed by atoms with Gasteiger partial charge in [0.15, 0.2) is 22.8 Å². The molecule has 0 saturated carbocycles. The zero-order valence-electron chi connectivity index (χ0n) is 17.8. The van der Waals surface area contributed by atoms with Crippen molar-refractivity contribution in [1.29, 1.82) is 0 Å². The van der Waals surface area contributed by atoms with Gasteiger partial charge in [-0.3, -0.25) is 5.10 Å². The number of aromatic amines is 1. The molecule has 31 heavy (non-hydrogen) atoms. The number of fused-ring (bicyclic) bond motifs is 1. The number of hydrogen-bond donors (Lipinski definition) is 3. The average Bonchev–Trinajstić information content (AvgIpc) is 3.43. The Hall–Kier alpha value is -3.82. The van der Waals surface area contributed by atoms with E-state index in [4.69, 9.17) is 20.2 Å². The van der Waals surface area contributed by atoms with E-state index in [1.165, 1.54) is 0 Å². The van der Waals surface area contributed by atoms with Crippen LogP contribution in [0, 0.1) is 0 Å². The van der Waals surface area contributed by atoms with Gasteiger partial charge in [0.2, 0.25) is 5.95 Å². The highest BCUT2D eigenvalue weighted by Crippen LogP contribution is 2.27. The molecule has 10 heteroatoms. The average molecular weight is 422 g/mol. The van der Waals surface area contributed by atoms with Gasteiger partial charge in [-0.25, -0.2) is 4.98 Å². The van der Waals surface area contributed by atoms with Crippen LogP contribution in [-0.4, -0.2) is 50.5 Å². The van der Waals surface area contributed by atoms with Gasteiger partial charge in [0.25, 0.3) is 0 Å². The molecule has 3 heterocycles. The second kappa shape index (κ2) is 8.90. The molecule has 0 aliphatic heterocycles. The first kappa shape index (κ1) is 20.5. The van der Waals surface area contributed by atoms with Crippen molar-refractivity contribution in [2.45, 2.75) is 26.3 Å². The summed E-state index contributed by atoms with van der Waals surface area (Å²) in [6.07, 6.45) is 3.39. The van der Waals surface area contributed by atoms with Crippen LogP contribution >= 0.6 is 0 Å². The fraction of sp³-hybridized carbons (Fsp3) is 0.333. The predicted octanol–water partition coefficient (Wildman–Crippen LogP) is 2.88. The fourth-order valence-corrected chi connectivity index (χ4v) is 3.50. The summed E-state index contributed by atoms with van der Waals surface area (Å²) < 4.78 is 12.8. The number of nitrogens with zero attached hydrogens (tertiary/aromatic N) is 5. The molecule has 162 valence electrons. The molecule has 0 aliphatic carbocycles. The summed E-state index contributed by atoms with van der Waals surface area (Å²) in [5.41, 5.74) is 9.26. The van der Waals surface area contributed by atoms with Crippen LogP contribution in [0.1, 0.15) is 18.9 Å². The Balaban J connectivity index is 1.60. The summed E-state index contributed by atoms with van der Waals surface area (Å²) in [6.45, 7) is 3.45. The summed E-state index contributed by atoms with van der Waals surface area (Å²) in [7, 11) is 3.30. The number of nitrogens with two attached hydrogens (primary N) is 1. The Kier molecular flexibility index (Phi) is 5.87. The number of rotatable bonds is 9. The first-order chi connectivity index (χ1) is 15.1. The zero-order chi connectivity index (χ0) is 21.8. The quantitative estimate of drug-likeness (QED) is 0.375. The molecule has 0 aliphatic rings. The molecule has 0 radical (unpaired) electrons. The maximum atomic E-state index is 6.22. The van der Waals surface area contributed by atoms with Crippen LogP contribution in [0.5, 0.6) is 11.5 Å². The number of nitrogen functional groups attached to an aromatic ring is 1. The molecule has 0 fully saturated rings. The number of nitrogens with one attached hydrogen (secondary N) is 2. The molecule has 0 amide bonds. The summed E-state index contributed by atoms with van der Waals surface area (Å²) >= 11 is 0. The van der Waals surface area contributed by atoms with E-state index in [0.29, 0.717) is 35.9 Å². The number of hydrogen-bond acceptors (Lipinski definition) is 8. The third-order valence-electron chi connectivity index (χ3n) is 4.96. The summed E-state index contributed by atoms with van der Waals surface area (Å²) in [6, 6.07) is 7.61. The van der Waals surface area contributed by atoms with Crippen LogP contribution in [0.4, 0.5) is 11.8 Å². The third-order valence-corrected chi connectivity index (χ3v) is 4.96. The highest BCUT2D eigenvalue weighted by atomic mass is 16.5. The number of ether oxygens (including phenoxy) is 2. The Morgan fingerprint density at radius 2 is 2.00 bits per heavy atom. The predicted molar refractivity (Wildman–Crippen MR) is 119 cm³/mol. The smallest absolute Gasteiger partial charge is 0.226 e. The molecule has 10 nitrogen and oxygen atoms in total. The third kappa shape index (κ3) is 4.09. The Bertz CT molecular complexity index is 1170. The molecule has 4 aromatic rings. The lowest BCUT2D eigenvalue weighted by Crippen LogP contribution is -2.11. The summed E-state index contributed by atoms with van der Waals surface area (Å²) in [4.78, 5) is 13.8. The standard InChI is InChI=1S/C21H26N8O2/c1-4-11-29-19(15-8-10-24-28-15)25-17-18(22)26-21(27-20(17)29)23-9-7-13-12-14(30-2)5-6-16(13)31-3/h5-6,8,10,12H,4,7,9,11H2,1-3H3,(H,24,28)(H3,22,23,26,27). The molecule has 0 spiro atoms. The van der Waals surface area contributed by atoms with E-state index in [2.05, 4.69) is 32.4 Å². The molecule has 0 saturated heterocycles. The van der Waals surface area contributed by atoms with Crippen LogP contribution in [0.2, 0.25) is 0 Å². The minimum absolute atomic E-state index is 0.332. The van der Waals surface area contributed by atoms with Crippen molar-refractivity contribution in [3.8, 4) is 23.0 Å². The van der Waals surface area contributed by atoms with E-state index in [1.54, 1.807) is 20.4 Å². The van der Waals surface area contributed by atoms with E-state index in [-0.39, 0.29) is 0 Å². The normalized spacial score (nSPS) is 11.1. The van der Waals surface area contributed by atoms with Gasteiger partial charge in [0.1, 0.15) is 17.2 Å². The van der Waals surface area contributed by atoms with Crippen LogP contribution in [0.25, 0.3) is 22.7 Å². The Labute approximate surface area is 179 Å². The molecule has 0 bridgehead atoms. The van der Waals surface area contributed by atoms with Crippen LogP contribution < -0.4 is 20.5 Å². The fourth-order valence-electron chi connectivity index (χ4n) is 3.50. The van der Waals surface area contributed by atoms with Crippen molar-refractivity contribution < 1.29 is 9.47 Å². The maximum absolute atomic E-state index is 6.22. The van der Waals surface area contributed by atoms with E-state index in [9.17, 15) is 0 Å². The van der Waals surface area contributed by atoms with E-state index >= 15 is 0 Å². The SMILES string of the molecule is CCCn1c(-c2cc[nH]n2)nc2c(N)nc(NCCc3cc(OC)ccc3OC)nc21. The molecule has 1 aromatic carbocycles. The molecular formula is C21H26N8O2. The first-order valence-electron chi connectivity index (χ1n) is 10.1. The van der Waals surface area contributed by atoms with Gasteiger partial charge in [0, 0.05) is 19.3 Å². The number of benzene rings is 1. The number of aromatic nitrogens is 6. The number of H-pyrrole nitrogens is 1. The summed E-state index contributed by atoms with van der Waals surface area (Å²) in [5.74, 6) is 3.10. The monoisotopic (exact) mass is 422 g/mol. The Morgan fingerprint density at radius 3 is 2.71 bits per heavy atom. The van der Waals surface area contributed by atoms with Gasteiger partial charge in [-0.2, -0.15) is 15.1 Å². The second-order valence-corrected chi connectivity index (χ2v) is 7.01. The summed E-state index contributed by atoms with van der Waals surface area (Å²) in [5, 5.41) is 10.3. The van der Waals surface area contributed by atoms with Gasteiger partial charge in [-0.1, -0.05) is 6.92 Å². The number of imidazole rings is 1. The molecule has 4 rings (SSSR count). The van der Waals surface area contributed by atoms with Gasteiger partial charge in [-0.05, 0) is 42.7 Å².